The van der Waals surface area contributed by atoms with Gasteiger partial charge in [0, 0.05) is 12.2 Å². The predicted molar refractivity (Wildman–Crippen MR) is 91.7 cm³/mol. The molecule has 9 heteroatoms. The molecule has 0 aromatic carbocycles. The van der Waals surface area contributed by atoms with Crippen molar-refractivity contribution >= 4 is 19.8 Å². The average molecular weight is 378 g/mol. The van der Waals surface area contributed by atoms with Crippen molar-refractivity contribution in [2.75, 3.05) is 26.4 Å². The molecule has 0 aliphatic carbocycles. The van der Waals surface area contributed by atoms with Crippen LogP contribution >= 0.6 is 7.82 Å². The Balaban J connectivity index is 3.60. The van der Waals surface area contributed by atoms with E-state index in [1.165, 1.54) is 12.2 Å². The first-order valence-electron chi connectivity index (χ1n) is 8.12. The summed E-state index contributed by atoms with van der Waals surface area (Å²) in [4.78, 5) is 31.5. The van der Waals surface area contributed by atoms with E-state index in [9.17, 15) is 19.0 Å². The Hall–Kier alpha value is -1.47. The summed E-state index contributed by atoms with van der Waals surface area (Å²) in [5.41, 5.74) is 0. The van der Waals surface area contributed by atoms with Crippen LogP contribution in [0, 0.1) is 0 Å². The molecule has 144 valence electrons. The van der Waals surface area contributed by atoms with E-state index in [1.807, 2.05) is 0 Å². The largest absolute Gasteiger partial charge is 0.472 e. The first kappa shape index (κ1) is 23.5. The summed E-state index contributed by atoms with van der Waals surface area (Å²) in [6, 6.07) is 0. The zero-order valence-corrected chi connectivity index (χ0v) is 15.6. The molecule has 0 fully saturated rings. The molecule has 0 aromatic rings. The molecule has 0 saturated heterocycles. The smallest absolute Gasteiger partial charge is 0.463 e. The van der Waals surface area contributed by atoms with Gasteiger partial charge in [-0.05, 0) is 39.5 Å². The van der Waals surface area contributed by atoms with E-state index in [-0.39, 0.29) is 26.4 Å². The fourth-order valence-corrected chi connectivity index (χ4v) is 2.31. The maximum atomic E-state index is 11.6. The van der Waals surface area contributed by atoms with E-state index in [0.717, 1.165) is 0 Å². The van der Waals surface area contributed by atoms with E-state index >= 15 is 0 Å². The Kier molecular flexibility index (Phi) is 14.0. The fourth-order valence-electron chi connectivity index (χ4n) is 1.52. The summed E-state index contributed by atoms with van der Waals surface area (Å²) in [6.07, 6.45) is 7.73. The number of carbonyl (C=O) groups is 2. The normalized spacial score (nSPS) is 13.9. The van der Waals surface area contributed by atoms with Gasteiger partial charge in [-0.3, -0.25) is 9.05 Å². The van der Waals surface area contributed by atoms with E-state index < -0.39 is 19.8 Å². The SMILES string of the molecule is CC=CC(=O)OCCCCOP(=O)(O)OCCCCOC(=O)C=CC. The topological polar surface area (TPSA) is 108 Å². The van der Waals surface area contributed by atoms with E-state index in [2.05, 4.69) is 0 Å². The molecule has 0 radical (unpaired) electrons. The molecule has 0 aliphatic heterocycles. The Bertz CT molecular complexity index is 447. The Morgan fingerprint density at radius 2 is 1.16 bits per heavy atom. The van der Waals surface area contributed by atoms with Crippen LogP contribution in [0.25, 0.3) is 0 Å². The minimum atomic E-state index is -4.09. The van der Waals surface area contributed by atoms with Crippen LogP contribution in [-0.4, -0.2) is 43.3 Å². The van der Waals surface area contributed by atoms with Gasteiger partial charge in [-0.25, -0.2) is 14.2 Å². The molecule has 0 rings (SSSR count). The standard InChI is InChI=1S/C16H27O8P/c1-3-9-15(17)21-11-5-7-13-23-25(19,20)24-14-8-6-12-22-16(18)10-4-2/h3-4,9-10H,5-8,11-14H2,1-2H3,(H,19,20). The predicted octanol–water partition coefficient (Wildman–Crippen LogP) is 2.92. The van der Waals surface area contributed by atoms with Crippen molar-refractivity contribution in [2.24, 2.45) is 0 Å². The number of phosphoric ester groups is 1. The number of carbonyl (C=O) groups excluding carboxylic acids is 2. The lowest BCUT2D eigenvalue weighted by atomic mass is 10.3. The third-order valence-corrected chi connectivity index (χ3v) is 3.70. The van der Waals surface area contributed by atoms with Crippen LogP contribution < -0.4 is 0 Å². The molecule has 0 atom stereocenters. The monoisotopic (exact) mass is 378 g/mol. The first-order valence-corrected chi connectivity index (χ1v) is 9.61. The van der Waals surface area contributed by atoms with Gasteiger partial charge in [0.15, 0.2) is 0 Å². The van der Waals surface area contributed by atoms with Gasteiger partial charge in [0.25, 0.3) is 0 Å². The lowest BCUT2D eigenvalue weighted by Gasteiger charge is -2.12. The van der Waals surface area contributed by atoms with Gasteiger partial charge in [-0.15, -0.1) is 0 Å². The second kappa shape index (κ2) is 14.8. The Morgan fingerprint density at radius 1 is 0.800 bits per heavy atom. The van der Waals surface area contributed by atoms with Gasteiger partial charge >= 0.3 is 19.8 Å². The maximum absolute atomic E-state index is 11.6. The number of unbranched alkanes of at least 4 members (excludes halogenated alkanes) is 2. The third-order valence-electron chi connectivity index (χ3n) is 2.68. The fraction of sp³-hybridized carbons (Fsp3) is 0.625. The van der Waals surface area contributed by atoms with Crippen molar-refractivity contribution in [1.82, 2.24) is 0 Å². The number of phosphoric acid groups is 1. The zero-order valence-electron chi connectivity index (χ0n) is 14.7. The quantitative estimate of drug-likeness (QED) is 0.213. The average Bonchev–Trinajstić information content (AvgIpc) is 2.54. The number of hydrogen-bond donors (Lipinski definition) is 1. The van der Waals surface area contributed by atoms with Crippen LogP contribution in [0.4, 0.5) is 0 Å². The van der Waals surface area contributed by atoms with Gasteiger partial charge in [0.1, 0.15) is 0 Å². The zero-order chi connectivity index (χ0) is 19.0. The van der Waals surface area contributed by atoms with Gasteiger partial charge in [0.05, 0.1) is 26.4 Å². The van der Waals surface area contributed by atoms with Gasteiger partial charge in [-0.1, -0.05) is 12.2 Å². The second-order valence-corrected chi connectivity index (χ2v) is 6.34. The molecule has 8 nitrogen and oxygen atoms in total. The highest BCUT2D eigenvalue weighted by Crippen LogP contribution is 2.43. The number of esters is 2. The van der Waals surface area contributed by atoms with Crippen molar-refractivity contribution in [2.45, 2.75) is 39.5 Å². The van der Waals surface area contributed by atoms with Crippen LogP contribution in [0.2, 0.25) is 0 Å². The van der Waals surface area contributed by atoms with Crippen LogP contribution in [0.3, 0.4) is 0 Å². The van der Waals surface area contributed by atoms with Gasteiger partial charge in [0.2, 0.25) is 0 Å². The Labute approximate surface area is 148 Å². The highest BCUT2D eigenvalue weighted by molar-refractivity contribution is 7.47. The van der Waals surface area contributed by atoms with Crippen LogP contribution in [0.15, 0.2) is 24.3 Å². The number of hydrogen-bond acceptors (Lipinski definition) is 7. The highest BCUT2D eigenvalue weighted by Gasteiger charge is 2.20. The van der Waals surface area contributed by atoms with Crippen LogP contribution in [0.5, 0.6) is 0 Å². The molecule has 0 heterocycles. The molecule has 0 aliphatic rings. The summed E-state index contributed by atoms with van der Waals surface area (Å²) in [6.45, 7) is 3.91. The molecule has 1 N–H and O–H groups in total. The molecule has 25 heavy (non-hydrogen) atoms. The second-order valence-electron chi connectivity index (χ2n) is 4.88. The lowest BCUT2D eigenvalue weighted by molar-refractivity contribution is -0.138. The van der Waals surface area contributed by atoms with E-state index in [4.69, 9.17) is 18.5 Å². The van der Waals surface area contributed by atoms with Crippen molar-refractivity contribution in [1.29, 1.82) is 0 Å². The van der Waals surface area contributed by atoms with Crippen molar-refractivity contribution < 1.29 is 37.6 Å². The van der Waals surface area contributed by atoms with Crippen LogP contribution in [0.1, 0.15) is 39.5 Å². The molecule has 0 amide bonds. The molecular formula is C16H27O8P. The first-order chi connectivity index (χ1) is 11.9. The van der Waals surface area contributed by atoms with E-state index in [1.54, 1.807) is 26.0 Å². The highest BCUT2D eigenvalue weighted by atomic mass is 31.2. The van der Waals surface area contributed by atoms with Gasteiger partial charge < -0.3 is 14.4 Å². The van der Waals surface area contributed by atoms with Gasteiger partial charge in [-0.2, -0.15) is 0 Å². The minimum Gasteiger partial charge on any atom is -0.463 e. The van der Waals surface area contributed by atoms with Crippen molar-refractivity contribution in [3.63, 3.8) is 0 Å². The maximum Gasteiger partial charge on any atom is 0.472 e. The van der Waals surface area contributed by atoms with Crippen LogP contribution in [-0.2, 0) is 32.7 Å². The Morgan fingerprint density at radius 3 is 1.52 bits per heavy atom. The summed E-state index contributed by atoms with van der Waals surface area (Å²) < 4.78 is 30.9. The van der Waals surface area contributed by atoms with Crippen molar-refractivity contribution in [3.8, 4) is 0 Å². The summed E-state index contributed by atoms with van der Waals surface area (Å²) in [7, 11) is -4.09. The summed E-state index contributed by atoms with van der Waals surface area (Å²) in [5.74, 6) is -0.841. The van der Waals surface area contributed by atoms with Crippen molar-refractivity contribution in [3.05, 3.63) is 24.3 Å². The lowest BCUT2D eigenvalue weighted by Crippen LogP contribution is -2.05. The molecule has 0 aromatic heterocycles. The summed E-state index contributed by atoms with van der Waals surface area (Å²) in [5, 5.41) is 0. The molecule has 0 spiro atoms. The summed E-state index contributed by atoms with van der Waals surface area (Å²) >= 11 is 0. The molecule has 0 unspecified atom stereocenters. The number of allylic oxidation sites excluding steroid dienone is 2. The minimum absolute atomic E-state index is 0.0237. The molecule has 0 saturated carbocycles. The third kappa shape index (κ3) is 15.8. The molecule has 0 bridgehead atoms. The number of rotatable bonds is 14. The molecular weight excluding hydrogens is 351 g/mol. The number of ether oxygens (including phenoxy) is 2. The van der Waals surface area contributed by atoms with E-state index in [0.29, 0.717) is 25.7 Å².